The number of rotatable bonds is 64. The molecule has 0 saturated heterocycles. The van der Waals surface area contributed by atoms with Gasteiger partial charge in [-0.2, -0.15) is 0 Å². The van der Waals surface area contributed by atoms with Gasteiger partial charge in [-0.05, 0) is 103 Å². The van der Waals surface area contributed by atoms with Crippen molar-refractivity contribution in [3.8, 4) is 0 Å². The lowest BCUT2D eigenvalue weighted by Crippen LogP contribution is -2.28. The fourth-order valence-corrected chi connectivity index (χ4v) is 10.1. The minimum Gasteiger partial charge on any atom is -0.462 e. The summed E-state index contributed by atoms with van der Waals surface area (Å²) in [6.07, 6.45) is 105. The quantitative estimate of drug-likeness (QED) is 0.0373. The first kappa shape index (κ1) is 78.3. The van der Waals surface area contributed by atoms with Crippen molar-refractivity contribution in [2.24, 2.45) is 0 Å². The van der Waals surface area contributed by atoms with Crippen LogP contribution in [0.4, 0.5) is 0 Å². The van der Waals surface area contributed by atoms with Crippen molar-refractivity contribution >= 4 is 11.9 Å². The number of aliphatic hydroxyl groups excluding tert-OH is 1. The van der Waals surface area contributed by atoms with Crippen molar-refractivity contribution in [2.45, 2.75) is 341 Å². The predicted molar refractivity (Wildman–Crippen MR) is 362 cm³/mol. The van der Waals surface area contributed by atoms with Crippen molar-refractivity contribution in [2.75, 3.05) is 13.2 Å². The van der Waals surface area contributed by atoms with Crippen LogP contribution in [-0.2, 0) is 19.1 Å². The van der Waals surface area contributed by atoms with Gasteiger partial charge in [-0.1, -0.05) is 341 Å². The van der Waals surface area contributed by atoms with Gasteiger partial charge < -0.3 is 14.6 Å². The zero-order chi connectivity index (χ0) is 59.1. The van der Waals surface area contributed by atoms with Crippen LogP contribution < -0.4 is 0 Å². The number of ether oxygens (including phenoxy) is 2. The summed E-state index contributed by atoms with van der Waals surface area (Å²) in [5.74, 6) is -0.581. The van der Waals surface area contributed by atoms with Crippen LogP contribution >= 0.6 is 0 Å². The first-order valence-corrected chi connectivity index (χ1v) is 35.1. The monoisotopic (exact) mass is 1140 g/mol. The third kappa shape index (κ3) is 68.8. The van der Waals surface area contributed by atoms with Crippen molar-refractivity contribution in [3.05, 3.63) is 122 Å². The molecular formula is C77H132O5. The Morgan fingerprint density at radius 1 is 0.280 bits per heavy atom. The number of esters is 2. The molecule has 0 aromatic carbocycles. The molecule has 1 atom stereocenters. The Hall–Kier alpha value is -3.70. The summed E-state index contributed by atoms with van der Waals surface area (Å²) in [6, 6.07) is 0. The third-order valence-electron chi connectivity index (χ3n) is 15.3. The number of allylic oxidation sites excluding steroid dienone is 20. The molecule has 0 heterocycles. The first-order valence-electron chi connectivity index (χ1n) is 35.1. The van der Waals surface area contributed by atoms with E-state index in [0.717, 1.165) is 103 Å². The number of hydrogen-bond acceptors (Lipinski definition) is 5. The Morgan fingerprint density at radius 3 is 0.732 bits per heavy atom. The molecule has 1 unspecified atom stereocenters. The van der Waals surface area contributed by atoms with Crippen molar-refractivity contribution in [1.29, 1.82) is 0 Å². The van der Waals surface area contributed by atoms with Crippen LogP contribution in [0.1, 0.15) is 335 Å². The topological polar surface area (TPSA) is 72.8 Å². The van der Waals surface area contributed by atoms with Crippen LogP contribution in [0.2, 0.25) is 0 Å². The molecule has 0 aromatic rings. The molecule has 0 radical (unpaired) electrons. The number of aliphatic hydroxyl groups is 1. The van der Waals surface area contributed by atoms with Crippen LogP contribution in [-0.4, -0.2) is 36.4 Å². The molecule has 0 bridgehead atoms. The van der Waals surface area contributed by atoms with E-state index in [1.165, 1.54) is 205 Å². The maximum atomic E-state index is 12.4. The maximum absolute atomic E-state index is 12.4. The summed E-state index contributed by atoms with van der Waals surface area (Å²) in [7, 11) is 0. The van der Waals surface area contributed by atoms with Crippen molar-refractivity contribution in [1.82, 2.24) is 0 Å². The molecule has 5 nitrogen and oxygen atoms in total. The molecule has 0 rings (SSSR count). The molecule has 0 spiro atoms. The third-order valence-corrected chi connectivity index (χ3v) is 15.3. The van der Waals surface area contributed by atoms with E-state index in [0.29, 0.717) is 12.8 Å². The number of hydrogen-bond donors (Lipinski definition) is 1. The summed E-state index contributed by atoms with van der Waals surface area (Å²) in [5.41, 5.74) is 0. The average Bonchev–Trinajstić information content (AvgIpc) is 3.49. The highest BCUT2D eigenvalue weighted by Crippen LogP contribution is 2.18. The molecule has 0 aliphatic rings. The Kier molecular flexibility index (Phi) is 68.3. The fraction of sp³-hybridized carbons (Fsp3) is 0.714. The summed E-state index contributed by atoms with van der Waals surface area (Å²) in [4.78, 5) is 24.7. The van der Waals surface area contributed by atoms with E-state index in [9.17, 15) is 14.7 Å². The maximum Gasteiger partial charge on any atom is 0.306 e. The molecule has 470 valence electrons. The Labute approximate surface area is 509 Å². The van der Waals surface area contributed by atoms with Gasteiger partial charge in [0.2, 0.25) is 0 Å². The van der Waals surface area contributed by atoms with E-state index in [2.05, 4.69) is 135 Å². The van der Waals surface area contributed by atoms with Gasteiger partial charge in [-0.15, -0.1) is 0 Å². The second-order valence-corrected chi connectivity index (χ2v) is 23.2. The zero-order valence-electron chi connectivity index (χ0n) is 54.0. The lowest BCUT2D eigenvalue weighted by Gasteiger charge is -2.15. The molecule has 82 heavy (non-hydrogen) atoms. The minimum absolute atomic E-state index is 0.0675. The molecule has 0 aliphatic heterocycles. The van der Waals surface area contributed by atoms with Gasteiger partial charge in [0.15, 0.2) is 6.10 Å². The molecule has 0 amide bonds. The fourth-order valence-electron chi connectivity index (χ4n) is 10.1. The number of carbonyl (C=O) groups is 2. The molecule has 0 saturated carbocycles. The van der Waals surface area contributed by atoms with Gasteiger partial charge in [0.1, 0.15) is 6.61 Å². The van der Waals surface area contributed by atoms with Gasteiger partial charge in [0, 0.05) is 12.8 Å². The van der Waals surface area contributed by atoms with Crippen molar-refractivity contribution < 1.29 is 24.2 Å². The largest absolute Gasteiger partial charge is 0.462 e. The highest BCUT2D eigenvalue weighted by atomic mass is 16.6. The van der Waals surface area contributed by atoms with E-state index in [1.807, 2.05) is 0 Å². The van der Waals surface area contributed by atoms with Gasteiger partial charge in [-0.25, -0.2) is 0 Å². The molecule has 1 N–H and O–H groups in total. The Morgan fingerprint density at radius 2 is 0.488 bits per heavy atom. The van der Waals surface area contributed by atoms with Gasteiger partial charge in [-0.3, -0.25) is 9.59 Å². The smallest absolute Gasteiger partial charge is 0.306 e. The normalized spacial score (nSPS) is 13.0. The summed E-state index contributed by atoms with van der Waals surface area (Å²) in [6.45, 7) is 3.94. The van der Waals surface area contributed by atoms with Crippen LogP contribution in [0.3, 0.4) is 0 Å². The predicted octanol–water partition coefficient (Wildman–Crippen LogP) is 24.5. The van der Waals surface area contributed by atoms with Crippen LogP contribution in [0.15, 0.2) is 122 Å². The van der Waals surface area contributed by atoms with Gasteiger partial charge >= 0.3 is 11.9 Å². The lowest BCUT2D eigenvalue weighted by atomic mass is 10.0. The summed E-state index contributed by atoms with van der Waals surface area (Å²) < 4.78 is 10.8. The molecule has 0 aliphatic carbocycles. The molecule has 5 heteroatoms. The van der Waals surface area contributed by atoms with Gasteiger partial charge in [0.25, 0.3) is 0 Å². The molecule has 0 fully saturated rings. The highest BCUT2D eigenvalue weighted by molar-refractivity contribution is 5.70. The van der Waals surface area contributed by atoms with E-state index in [4.69, 9.17) is 9.47 Å². The van der Waals surface area contributed by atoms with E-state index in [1.54, 1.807) is 0 Å². The standard InChI is InChI=1S/C77H132O5/c1-3-5-7-9-11-13-15-17-19-21-23-25-27-29-31-33-34-35-36-37-38-39-40-41-42-44-46-48-50-52-54-56-58-60-62-64-66-68-70-72-77(80)82-75(73-78)74-81-76(79)71-69-67-65-63-61-59-57-55-53-51-49-47-45-43-32-30-28-26-24-22-20-18-16-14-12-10-8-6-4-2/h5-8,11-14,17-20,23-26,29-32,75,78H,3-4,9-10,15-16,21-22,27-28,33-74H2,1-2H3/b7-5-,8-6-,13-11-,14-12-,19-17-,20-18-,25-23-,26-24-,31-29-,32-30-. The van der Waals surface area contributed by atoms with Crippen LogP contribution in [0.25, 0.3) is 0 Å². The van der Waals surface area contributed by atoms with E-state index in [-0.39, 0.29) is 25.2 Å². The molecular weight excluding hydrogens is 1000 g/mol. The summed E-state index contributed by atoms with van der Waals surface area (Å²) >= 11 is 0. The van der Waals surface area contributed by atoms with E-state index >= 15 is 0 Å². The van der Waals surface area contributed by atoms with Gasteiger partial charge in [0.05, 0.1) is 6.61 Å². The second kappa shape index (κ2) is 71.6. The zero-order valence-corrected chi connectivity index (χ0v) is 54.0. The van der Waals surface area contributed by atoms with Crippen molar-refractivity contribution in [3.63, 3.8) is 0 Å². The van der Waals surface area contributed by atoms with Crippen LogP contribution in [0.5, 0.6) is 0 Å². The minimum atomic E-state index is -0.778. The highest BCUT2D eigenvalue weighted by Gasteiger charge is 2.16. The number of unbranched alkanes of at least 4 members (excludes halogenated alkanes) is 36. The SMILES string of the molecule is CC/C=C\C/C=C\C/C=C\C/C=C\C/C=C\CCCCCCCCCCCCCCCCCCCCCCCCCC(=O)OC(CO)COC(=O)CCCCCCCCCCCCCCC/C=C\C/C=C\C/C=C\C/C=C\C/C=C\CC. The Balaban J connectivity index is 3.44. The molecule has 0 aromatic heterocycles. The van der Waals surface area contributed by atoms with Crippen LogP contribution in [0, 0.1) is 0 Å². The average molecular weight is 1140 g/mol. The first-order chi connectivity index (χ1) is 40.6. The lowest BCUT2D eigenvalue weighted by molar-refractivity contribution is -0.161. The second-order valence-electron chi connectivity index (χ2n) is 23.2. The van der Waals surface area contributed by atoms with E-state index < -0.39 is 6.10 Å². The number of carbonyl (C=O) groups excluding carboxylic acids is 2. The summed E-state index contributed by atoms with van der Waals surface area (Å²) in [5, 5.41) is 9.71. The Bertz CT molecular complexity index is 1620.